The Hall–Kier alpha value is -1.05. The van der Waals surface area contributed by atoms with Crippen molar-refractivity contribution >= 4 is 0 Å². The molecule has 1 N–H and O–H groups in total. The number of hydrogen-bond acceptors (Lipinski definition) is 1. The smallest absolute Gasteiger partial charge is 0.164 e. The van der Waals surface area contributed by atoms with Crippen molar-refractivity contribution in [1.29, 1.82) is 0 Å². The van der Waals surface area contributed by atoms with Crippen molar-refractivity contribution in [3.8, 4) is 5.75 Å². The maximum atomic E-state index is 13.2. The zero-order chi connectivity index (χ0) is 12.3. The second-order valence-electron chi connectivity index (χ2n) is 6.86. The molecular formula is C16H19FO. The summed E-state index contributed by atoms with van der Waals surface area (Å²) in [4.78, 5) is 0. The summed E-state index contributed by atoms with van der Waals surface area (Å²) in [7, 11) is 0. The lowest BCUT2D eigenvalue weighted by atomic mass is 9.48. The molecule has 4 bridgehead atoms. The van der Waals surface area contributed by atoms with Gasteiger partial charge in [0.25, 0.3) is 0 Å². The molecule has 1 aromatic rings. The van der Waals surface area contributed by atoms with Gasteiger partial charge in [-0.25, -0.2) is 4.39 Å². The minimum Gasteiger partial charge on any atom is -0.505 e. The fourth-order valence-electron chi connectivity index (χ4n) is 5.31. The Morgan fingerprint density at radius 1 is 1.00 bits per heavy atom. The van der Waals surface area contributed by atoms with Crippen LogP contribution in [-0.2, 0) is 5.41 Å². The number of phenolic OH excluding ortho intramolecular Hbond substituents is 1. The molecule has 1 aromatic carbocycles. The van der Waals surface area contributed by atoms with Crippen molar-refractivity contribution in [3.63, 3.8) is 0 Å². The van der Waals surface area contributed by atoms with Gasteiger partial charge < -0.3 is 5.11 Å². The molecule has 4 aliphatic carbocycles. The van der Waals surface area contributed by atoms with Crippen LogP contribution in [0.3, 0.4) is 0 Å². The largest absolute Gasteiger partial charge is 0.505 e. The maximum Gasteiger partial charge on any atom is 0.164 e. The number of hydrogen-bond donors (Lipinski definition) is 1. The summed E-state index contributed by atoms with van der Waals surface area (Å²) in [6.07, 6.45) is 7.99. The number of halogens is 1. The molecule has 0 radical (unpaired) electrons. The zero-order valence-electron chi connectivity index (χ0n) is 10.5. The van der Waals surface area contributed by atoms with Gasteiger partial charge >= 0.3 is 0 Å². The number of aromatic hydroxyl groups is 1. The third-order valence-corrected chi connectivity index (χ3v) is 5.60. The van der Waals surface area contributed by atoms with Crippen LogP contribution < -0.4 is 0 Å². The Labute approximate surface area is 107 Å². The molecule has 0 heterocycles. The Bertz CT molecular complexity index is 459. The molecule has 0 saturated heterocycles. The monoisotopic (exact) mass is 246 g/mol. The van der Waals surface area contributed by atoms with Gasteiger partial charge in [0, 0.05) is 0 Å². The van der Waals surface area contributed by atoms with Crippen molar-refractivity contribution in [2.24, 2.45) is 17.8 Å². The van der Waals surface area contributed by atoms with Gasteiger partial charge in [-0.15, -0.1) is 0 Å². The molecule has 0 aliphatic heterocycles. The molecule has 96 valence electrons. The van der Waals surface area contributed by atoms with Crippen molar-refractivity contribution < 1.29 is 9.50 Å². The fraction of sp³-hybridized carbons (Fsp3) is 0.625. The average molecular weight is 246 g/mol. The van der Waals surface area contributed by atoms with Crippen molar-refractivity contribution in [3.05, 3.63) is 29.6 Å². The van der Waals surface area contributed by atoms with Gasteiger partial charge in [0.2, 0.25) is 0 Å². The van der Waals surface area contributed by atoms with Gasteiger partial charge in [0.05, 0.1) is 0 Å². The van der Waals surface area contributed by atoms with E-state index in [1.54, 1.807) is 6.07 Å². The summed E-state index contributed by atoms with van der Waals surface area (Å²) >= 11 is 0. The predicted octanol–water partition coefficient (Wildman–Crippen LogP) is 4.00. The Morgan fingerprint density at radius 3 is 2.06 bits per heavy atom. The molecule has 0 aromatic heterocycles. The Morgan fingerprint density at radius 2 is 1.56 bits per heavy atom. The standard InChI is InChI=1S/C16H19FO/c17-14-2-1-13(6-15(14)18)16-7-10-3-11(8-16)5-12(4-10)9-16/h1-2,6,10-12,18H,3-5,7-9H2. The van der Waals surface area contributed by atoms with E-state index in [1.165, 1.54) is 50.2 Å². The third-order valence-electron chi connectivity index (χ3n) is 5.60. The highest BCUT2D eigenvalue weighted by Gasteiger charge is 2.51. The second kappa shape index (κ2) is 3.49. The minimum atomic E-state index is -0.497. The van der Waals surface area contributed by atoms with Crippen molar-refractivity contribution in [1.82, 2.24) is 0 Å². The zero-order valence-corrected chi connectivity index (χ0v) is 10.5. The van der Waals surface area contributed by atoms with E-state index in [-0.39, 0.29) is 11.2 Å². The van der Waals surface area contributed by atoms with Crippen molar-refractivity contribution in [2.45, 2.75) is 43.9 Å². The van der Waals surface area contributed by atoms with Crippen molar-refractivity contribution in [2.75, 3.05) is 0 Å². The molecule has 0 atom stereocenters. The van der Waals surface area contributed by atoms with Crippen LogP contribution in [0.25, 0.3) is 0 Å². The highest BCUT2D eigenvalue weighted by molar-refractivity contribution is 5.36. The molecule has 4 saturated carbocycles. The number of rotatable bonds is 1. The van der Waals surface area contributed by atoms with Crippen LogP contribution in [0.4, 0.5) is 4.39 Å². The Balaban J connectivity index is 1.76. The van der Waals surface area contributed by atoms with Gasteiger partial charge in [-0.3, -0.25) is 0 Å². The summed E-state index contributed by atoms with van der Waals surface area (Å²) in [6, 6.07) is 5.02. The molecule has 2 heteroatoms. The summed E-state index contributed by atoms with van der Waals surface area (Å²) < 4.78 is 13.2. The first kappa shape index (κ1) is 10.8. The lowest BCUT2D eigenvalue weighted by molar-refractivity contribution is -0.00530. The molecular weight excluding hydrogens is 227 g/mol. The van der Waals surface area contributed by atoms with Crippen LogP contribution in [-0.4, -0.2) is 5.11 Å². The molecule has 4 aliphatic rings. The van der Waals surface area contributed by atoms with Gasteiger partial charge in [-0.1, -0.05) is 6.07 Å². The van der Waals surface area contributed by atoms with Crippen LogP contribution in [0.2, 0.25) is 0 Å². The first-order chi connectivity index (χ1) is 8.64. The SMILES string of the molecule is Oc1cc(C23CC4CC(CC(C4)C2)C3)ccc1F. The highest BCUT2D eigenvalue weighted by atomic mass is 19.1. The molecule has 0 spiro atoms. The number of phenols is 1. The van der Waals surface area contributed by atoms with E-state index in [4.69, 9.17) is 0 Å². The quantitative estimate of drug-likeness (QED) is 0.794. The van der Waals surface area contributed by atoms with Gasteiger partial charge in [-0.2, -0.15) is 0 Å². The predicted molar refractivity (Wildman–Crippen MR) is 67.9 cm³/mol. The van der Waals surface area contributed by atoms with Crippen LogP contribution in [0.15, 0.2) is 18.2 Å². The normalized spacial score (nSPS) is 41.3. The van der Waals surface area contributed by atoms with Crippen LogP contribution in [0, 0.1) is 23.6 Å². The van der Waals surface area contributed by atoms with Gasteiger partial charge in [-0.05, 0) is 79.4 Å². The molecule has 5 rings (SSSR count). The maximum absolute atomic E-state index is 13.2. The molecule has 18 heavy (non-hydrogen) atoms. The van der Waals surface area contributed by atoms with E-state index < -0.39 is 5.82 Å². The lowest BCUT2D eigenvalue weighted by Crippen LogP contribution is -2.48. The van der Waals surface area contributed by atoms with E-state index in [1.807, 2.05) is 6.07 Å². The molecule has 0 amide bonds. The summed E-state index contributed by atoms with van der Waals surface area (Å²) in [5, 5.41) is 9.63. The molecule has 1 nitrogen and oxygen atoms in total. The van der Waals surface area contributed by atoms with Gasteiger partial charge in [0.1, 0.15) is 0 Å². The van der Waals surface area contributed by atoms with E-state index in [0.29, 0.717) is 0 Å². The van der Waals surface area contributed by atoms with Crippen LogP contribution in [0.1, 0.15) is 44.1 Å². The number of benzene rings is 1. The van der Waals surface area contributed by atoms with E-state index >= 15 is 0 Å². The lowest BCUT2D eigenvalue weighted by Gasteiger charge is -2.57. The first-order valence-electron chi connectivity index (χ1n) is 7.14. The second-order valence-corrected chi connectivity index (χ2v) is 6.86. The molecule has 4 fully saturated rings. The topological polar surface area (TPSA) is 20.2 Å². The van der Waals surface area contributed by atoms with E-state index in [0.717, 1.165) is 17.8 Å². The molecule has 0 unspecified atom stereocenters. The Kier molecular flexibility index (Phi) is 2.10. The summed E-state index contributed by atoms with van der Waals surface area (Å²) in [6.45, 7) is 0. The third kappa shape index (κ3) is 1.44. The summed E-state index contributed by atoms with van der Waals surface area (Å²) in [5.74, 6) is 1.96. The first-order valence-corrected chi connectivity index (χ1v) is 7.14. The van der Waals surface area contributed by atoms with Gasteiger partial charge in [0.15, 0.2) is 11.6 Å². The van der Waals surface area contributed by atoms with Crippen LogP contribution in [0.5, 0.6) is 5.75 Å². The summed E-state index contributed by atoms with van der Waals surface area (Å²) in [5.41, 5.74) is 1.43. The average Bonchev–Trinajstić information content (AvgIpc) is 2.31. The fourth-order valence-corrected chi connectivity index (χ4v) is 5.31. The van der Waals surface area contributed by atoms with Crippen LogP contribution >= 0.6 is 0 Å². The minimum absolute atomic E-state index is 0.178. The van der Waals surface area contributed by atoms with E-state index in [9.17, 15) is 9.50 Å². The highest BCUT2D eigenvalue weighted by Crippen LogP contribution is 2.60. The van der Waals surface area contributed by atoms with E-state index in [2.05, 4.69) is 0 Å².